The number of halogens is 1. The van der Waals surface area contributed by atoms with Gasteiger partial charge in [-0.2, -0.15) is 11.8 Å². The number of nitrogens with one attached hydrogen (secondary N) is 2. The largest absolute Gasteiger partial charge is 0.356 e. The van der Waals surface area contributed by atoms with Gasteiger partial charge in [0.1, 0.15) is 0 Å². The zero-order chi connectivity index (χ0) is 11.5. The molecule has 98 valence electrons. The molecule has 0 aromatic heterocycles. The lowest BCUT2D eigenvalue weighted by atomic mass is 10.3. The van der Waals surface area contributed by atoms with Crippen LogP contribution in [-0.2, 0) is 0 Å². The topological polar surface area (TPSA) is 36.4 Å². The molecular formula is C11H26IN3S. The third kappa shape index (κ3) is 10.9. The number of hydrogen-bond donors (Lipinski definition) is 2. The fraction of sp³-hybridized carbons (Fsp3) is 0.909. The van der Waals surface area contributed by atoms with E-state index in [9.17, 15) is 0 Å². The molecule has 0 bridgehead atoms. The van der Waals surface area contributed by atoms with E-state index in [0.717, 1.165) is 18.9 Å². The Hall–Kier alpha value is 0.350. The van der Waals surface area contributed by atoms with Crippen LogP contribution in [0.25, 0.3) is 0 Å². The van der Waals surface area contributed by atoms with Crippen LogP contribution in [0, 0.1) is 0 Å². The van der Waals surface area contributed by atoms with Crippen molar-refractivity contribution in [2.75, 3.05) is 25.6 Å². The van der Waals surface area contributed by atoms with Crippen LogP contribution in [0.15, 0.2) is 4.99 Å². The minimum absolute atomic E-state index is 0. The van der Waals surface area contributed by atoms with Crippen LogP contribution in [0.5, 0.6) is 0 Å². The lowest BCUT2D eigenvalue weighted by molar-refractivity contribution is 0.620. The first-order valence-electron chi connectivity index (χ1n) is 5.70. The van der Waals surface area contributed by atoms with E-state index in [1.165, 1.54) is 18.6 Å². The molecule has 1 atom stereocenters. The summed E-state index contributed by atoms with van der Waals surface area (Å²) in [6.45, 7) is 5.35. The Bertz CT molecular complexity index is 177. The Morgan fingerprint density at radius 2 is 2.06 bits per heavy atom. The molecule has 0 fully saturated rings. The first kappa shape index (κ1) is 18.7. The van der Waals surface area contributed by atoms with E-state index in [1.54, 1.807) is 0 Å². The summed E-state index contributed by atoms with van der Waals surface area (Å²) in [5, 5.41) is 6.66. The molecule has 0 spiro atoms. The number of rotatable bonds is 7. The average Bonchev–Trinajstić information content (AvgIpc) is 2.26. The molecule has 0 amide bonds. The second kappa shape index (κ2) is 13.4. The average molecular weight is 359 g/mol. The summed E-state index contributed by atoms with van der Waals surface area (Å²) in [6, 6.07) is 0.488. The number of nitrogens with zero attached hydrogens (tertiary/aromatic N) is 1. The fourth-order valence-corrected chi connectivity index (χ4v) is 1.60. The lowest BCUT2D eigenvalue weighted by Gasteiger charge is -2.16. The number of thioether (sulfide) groups is 1. The highest BCUT2D eigenvalue weighted by Gasteiger charge is 2.01. The minimum Gasteiger partial charge on any atom is -0.356 e. The van der Waals surface area contributed by atoms with Crippen LogP contribution < -0.4 is 10.6 Å². The molecule has 0 aliphatic carbocycles. The van der Waals surface area contributed by atoms with Gasteiger partial charge in [0.25, 0.3) is 0 Å². The van der Waals surface area contributed by atoms with Crippen molar-refractivity contribution in [1.82, 2.24) is 10.6 Å². The van der Waals surface area contributed by atoms with Gasteiger partial charge < -0.3 is 10.6 Å². The van der Waals surface area contributed by atoms with Gasteiger partial charge in [0.15, 0.2) is 5.96 Å². The van der Waals surface area contributed by atoms with Crippen LogP contribution in [0.3, 0.4) is 0 Å². The van der Waals surface area contributed by atoms with Gasteiger partial charge in [0, 0.05) is 19.6 Å². The van der Waals surface area contributed by atoms with Crippen LogP contribution in [-0.4, -0.2) is 37.6 Å². The molecule has 0 aliphatic rings. The molecule has 0 radical (unpaired) electrons. The summed E-state index contributed by atoms with van der Waals surface area (Å²) < 4.78 is 0. The maximum Gasteiger partial charge on any atom is 0.191 e. The van der Waals surface area contributed by atoms with Gasteiger partial charge >= 0.3 is 0 Å². The molecule has 0 heterocycles. The third-order valence-corrected chi connectivity index (χ3v) is 2.98. The maximum atomic E-state index is 4.18. The Morgan fingerprint density at radius 1 is 1.38 bits per heavy atom. The highest BCUT2D eigenvalue weighted by Crippen LogP contribution is 1.97. The first-order valence-corrected chi connectivity index (χ1v) is 7.10. The zero-order valence-corrected chi connectivity index (χ0v) is 14.0. The van der Waals surface area contributed by atoms with Gasteiger partial charge in [-0.05, 0) is 38.2 Å². The normalized spacial score (nSPS) is 12.9. The van der Waals surface area contributed by atoms with Crippen molar-refractivity contribution in [3.8, 4) is 0 Å². The van der Waals surface area contributed by atoms with Crippen LogP contribution in [0.2, 0.25) is 0 Å². The van der Waals surface area contributed by atoms with Crippen molar-refractivity contribution < 1.29 is 0 Å². The van der Waals surface area contributed by atoms with Crippen molar-refractivity contribution in [2.45, 2.75) is 39.2 Å². The number of aliphatic imine (C=N–C) groups is 1. The summed E-state index contributed by atoms with van der Waals surface area (Å²) >= 11 is 1.91. The SMILES string of the molecule is CCC(C)NC(=NC)NCCCCSC.I. The van der Waals surface area contributed by atoms with Crippen LogP contribution >= 0.6 is 35.7 Å². The molecule has 0 aromatic carbocycles. The second-order valence-electron chi connectivity index (χ2n) is 3.65. The van der Waals surface area contributed by atoms with Crippen molar-refractivity contribution >= 4 is 41.7 Å². The van der Waals surface area contributed by atoms with Gasteiger partial charge in [-0.3, -0.25) is 4.99 Å². The number of unbranched alkanes of at least 4 members (excludes halogenated alkanes) is 1. The number of hydrogen-bond acceptors (Lipinski definition) is 2. The molecule has 0 aromatic rings. The van der Waals surface area contributed by atoms with Crippen LogP contribution in [0.4, 0.5) is 0 Å². The summed E-state index contributed by atoms with van der Waals surface area (Å²) in [4.78, 5) is 4.18. The highest BCUT2D eigenvalue weighted by atomic mass is 127. The predicted molar refractivity (Wildman–Crippen MR) is 87.3 cm³/mol. The highest BCUT2D eigenvalue weighted by molar-refractivity contribution is 14.0. The Morgan fingerprint density at radius 3 is 2.56 bits per heavy atom. The van der Waals surface area contributed by atoms with Crippen molar-refractivity contribution in [1.29, 1.82) is 0 Å². The first-order chi connectivity index (χ1) is 7.24. The summed E-state index contributed by atoms with van der Waals surface area (Å²) in [6.07, 6.45) is 5.75. The third-order valence-electron chi connectivity index (χ3n) is 2.29. The second-order valence-corrected chi connectivity index (χ2v) is 4.64. The standard InChI is InChI=1S/C11H25N3S.HI/c1-5-10(2)14-11(12-3)13-8-6-7-9-15-4;/h10H,5-9H2,1-4H3,(H2,12,13,14);1H. The zero-order valence-electron chi connectivity index (χ0n) is 10.9. The molecule has 0 saturated heterocycles. The molecule has 3 nitrogen and oxygen atoms in total. The van der Waals surface area contributed by atoms with Crippen molar-refractivity contribution in [2.24, 2.45) is 4.99 Å². The van der Waals surface area contributed by atoms with Gasteiger partial charge in [-0.15, -0.1) is 24.0 Å². The smallest absolute Gasteiger partial charge is 0.191 e. The van der Waals surface area contributed by atoms with E-state index in [1.807, 2.05) is 18.8 Å². The summed E-state index contributed by atoms with van der Waals surface area (Å²) in [5.74, 6) is 2.17. The molecule has 0 saturated carbocycles. The molecule has 2 N–H and O–H groups in total. The van der Waals surface area contributed by atoms with Gasteiger partial charge in [-0.1, -0.05) is 6.92 Å². The van der Waals surface area contributed by atoms with E-state index >= 15 is 0 Å². The van der Waals surface area contributed by atoms with Gasteiger partial charge in [-0.25, -0.2) is 0 Å². The molecule has 1 unspecified atom stereocenters. The van der Waals surface area contributed by atoms with Crippen molar-refractivity contribution in [3.05, 3.63) is 0 Å². The predicted octanol–water partition coefficient (Wildman–Crippen LogP) is 2.71. The minimum atomic E-state index is 0. The van der Waals surface area contributed by atoms with Crippen LogP contribution in [0.1, 0.15) is 33.1 Å². The van der Waals surface area contributed by atoms with E-state index in [-0.39, 0.29) is 24.0 Å². The number of guanidine groups is 1. The quantitative estimate of drug-likeness (QED) is 0.318. The van der Waals surface area contributed by atoms with Gasteiger partial charge in [0.2, 0.25) is 0 Å². The van der Waals surface area contributed by atoms with E-state index in [2.05, 4.69) is 35.7 Å². The van der Waals surface area contributed by atoms with E-state index < -0.39 is 0 Å². The van der Waals surface area contributed by atoms with E-state index in [4.69, 9.17) is 0 Å². The Labute approximate surface area is 122 Å². The molecular weight excluding hydrogens is 333 g/mol. The molecule has 16 heavy (non-hydrogen) atoms. The lowest BCUT2D eigenvalue weighted by Crippen LogP contribution is -2.42. The molecule has 0 aliphatic heterocycles. The van der Waals surface area contributed by atoms with E-state index in [0.29, 0.717) is 6.04 Å². The fourth-order valence-electron chi connectivity index (χ4n) is 1.11. The van der Waals surface area contributed by atoms with Crippen molar-refractivity contribution in [3.63, 3.8) is 0 Å². The Kier molecular flexibility index (Phi) is 15.7. The molecule has 5 heteroatoms. The Balaban J connectivity index is 0. The summed E-state index contributed by atoms with van der Waals surface area (Å²) in [5.41, 5.74) is 0. The molecule has 0 rings (SSSR count). The van der Waals surface area contributed by atoms with Gasteiger partial charge in [0.05, 0.1) is 0 Å². The summed E-state index contributed by atoms with van der Waals surface area (Å²) in [7, 11) is 1.82. The maximum absolute atomic E-state index is 4.18. The monoisotopic (exact) mass is 359 g/mol.